The third kappa shape index (κ3) is 4.14. The monoisotopic (exact) mass is 440 g/mol. The van der Waals surface area contributed by atoms with Crippen LogP contribution in [0.15, 0.2) is 23.8 Å². The summed E-state index contributed by atoms with van der Waals surface area (Å²) in [4.78, 5) is 11.5. The maximum absolute atomic E-state index is 11.5. The smallest absolute Gasteiger partial charge is 0.302 e. The van der Waals surface area contributed by atoms with Crippen LogP contribution < -0.4 is 0 Å². The molecule has 0 aromatic carbocycles. The molecule has 0 unspecified atom stereocenters. The molecule has 0 amide bonds. The van der Waals surface area contributed by atoms with Crippen molar-refractivity contribution in [3.63, 3.8) is 0 Å². The second kappa shape index (κ2) is 8.95. The number of carbonyl (C=O) groups is 1. The summed E-state index contributed by atoms with van der Waals surface area (Å²) in [5.41, 5.74) is 2.44. The SMILES string of the molecule is CC(=O)O[C@H]1CC[C@@]2(C)C(=CC[C@H]3[C@@H]4CC[C@H]([C@H](C)/C=C/[C@@H](C)C(C)C)[C@@]4(C)CC[C@@H]32)C1. The van der Waals surface area contributed by atoms with Gasteiger partial charge in [-0.2, -0.15) is 0 Å². The molecule has 4 rings (SSSR count). The van der Waals surface area contributed by atoms with Gasteiger partial charge in [-0.3, -0.25) is 4.79 Å². The van der Waals surface area contributed by atoms with E-state index in [2.05, 4.69) is 59.8 Å². The van der Waals surface area contributed by atoms with Crippen molar-refractivity contribution in [3.05, 3.63) is 23.8 Å². The second-order valence-corrected chi connectivity index (χ2v) is 12.8. The Morgan fingerprint density at radius 3 is 2.47 bits per heavy atom. The first-order valence-corrected chi connectivity index (χ1v) is 13.6. The molecular formula is C30H48O2. The van der Waals surface area contributed by atoms with Crippen molar-refractivity contribution in [2.75, 3.05) is 0 Å². The lowest BCUT2D eigenvalue weighted by atomic mass is 9.47. The van der Waals surface area contributed by atoms with E-state index >= 15 is 0 Å². The standard InChI is InChI=1S/C30H48O2/c1-19(2)20(3)8-9-21(4)26-12-13-27-25-11-10-23-18-24(32-22(5)31)14-16-29(23,6)28(25)15-17-30(26,27)7/h8-10,19-21,24-28H,11-18H2,1-7H3/b9-8+/t20-,21-,24+,25+,26-,27+,28+,29+,30-/m1/s1. The lowest BCUT2D eigenvalue weighted by Crippen LogP contribution is -2.51. The number of ether oxygens (including phenoxy) is 1. The molecular weight excluding hydrogens is 392 g/mol. The van der Waals surface area contributed by atoms with Gasteiger partial charge in [-0.25, -0.2) is 0 Å². The highest BCUT2D eigenvalue weighted by Gasteiger charge is 2.59. The largest absolute Gasteiger partial charge is 0.462 e. The van der Waals surface area contributed by atoms with Crippen LogP contribution in [0.1, 0.15) is 99.8 Å². The molecule has 0 bridgehead atoms. The van der Waals surface area contributed by atoms with Gasteiger partial charge in [0.05, 0.1) is 0 Å². The van der Waals surface area contributed by atoms with Crippen molar-refractivity contribution < 1.29 is 9.53 Å². The van der Waals surface area contributed by atoms with Crippen LogP contribution in [0.4, 0.5) is 0 Å². The zero-order valence-corrected chi connectivity index (χ0v) is 21.8. The quantitative estimate of drug-likeness (QED) is 0.320. The Hall–Kier alpha value is -1.05. The number of hydrogen-bond donors (Lipinski definition) is 0. The minimum Gasteiger partial charge on any atom is -0.462 e. The van der Waals surface area contributed by atoms with E-state index in [1.165, 1.54) is 38.5 Å². The predicted octanol–water partition coefficient (Wildman–Crippen LogP) is 7.98. The van der Waals surface area contributed by atoms with Gasteiger partial charge in [0, 0.05) is 13.3 Å². The Labute approximate surface area is 197 Å². The minimum atomic E-state index is -0.121. The molecule has 9 atom stereocenters. The summed E-state index contributed by atoms with van der Waals surface area (Å²) >= 11 is 0. The van der Waals surface area contributed by atoms with E-state index in [0.29, 0.717) is 22.7 Å². The predicted molar refractivity (Wildman–Crippen MR) is 133 cm³/mol. The summed E-state index contributed by atoms with van der Waals surface area (Å²) in [5.74, 6) is 5.35. The van der Waals surface area contributed by atoms with Crippen molar-refractivity contribution in [2.24, 2.45) is 52.3 Å². The van der Waals surface area contributed by atoms with E-state index in [9.17, 15) is 4.79 Å². The lowest BCUT2D eigenvalue weighted by Gasteiger charge is -2.58. The first kappa shape index (κ1) is 24.1. The molecule has 2 heteroatoms. The van der Waals surface area contributed by atoms with E-state index in [4.69, 9.17) is 4.74 Å². The first-order chi connectivity index (χ1) is 15.1. The molecule has 0 radical (unpaired) electrons. The molecule has 4 aliphatic rings. The van der Waals surface area contributed by atoms with Crippen molar-refractivity contribution in [2.45, 2.75) is 106 Å². The molecule has 3 saturated carbocycles. The summed E-state index contributed by atoms with van der Waals surface area (Å²) in [7, 11) is 0. The molecule has 32 heavy (non-hydrogen) atoms. The topological polar surface area (TPSA) is 26.3 Å². The first-order valence-electron chi connectivity index (χ1n) is 13.6. The normalized spacial score (nSPS) is 43.2. The molecule has 0 N–H and O–H groups in total. The van der Waals surface area contributed by atoms with Gasteiger partial charge in [0.25, 0.3) is 0 Å². The fourth-order valence-corrected chi connectivity index (χ4v) is 8.57. The molecule has 0 aliphatic heterocycles. The van der Waals surface area contributed by atoms with Gasteiger partial charge in [-0.05, 0) is 97.2 Å². The van der Waals surface area contributed by atoms with Gasteiger partial charge in [-0.1, -0.05) is 65.3 Å². The van der Waals surface area contributed by atoms with Crippen molar-refractivity contribution in [1.82, 2.24) is 0 Å². The summed E-state index contributed by atoms with van der Waals surface area (Å²) < 4.78 is 5.62. The molecule has 0 heterocycles. The molecule has 2 nitrogen and oxygen atoms in total. The van der Waals surface area contributed by atoms with Crippen LogP contribution in [0, 0.1) is 52.3 Å². The zero-order chi connectivity index (χ0) is 23.3. The summed E-state index contributed by atoms with van der Waals surface area (Å²) in [6.45, 7) is 16.3. The van der Waals surface area contributed by atoms with Crippen molar-refractivity contribution in [3.8, 4) is 0 Å². The highest BCUT2D eigenvalue weighted by Crippen LogP contribution is 2.67. The highest BCUT2D eigenvalue weighted by molar-refractivity contribution is 5.66. The lowest BCUT2D eigenvalue weighted by molar-refractivity contribution is -0.148. The van der Waals surface area contributed by atoms with Crippen LogP contribution in [0.5, 0.6) is 0 Å². The van der Waals surface area contributed by atoms with E-state index in [1.807, 2.05) is 0 Å². The van der Waals surface area contributed by atoms with Gasteiger partial charge in [0.1, 0.15) is 6.10 Å². The number of rotatable bonds is 5. The molecule has 0 spiro atoms. The summed E-state index contributed by atoms with van der Waals surface area (Å²) in [6.07, 6.45) is 17.8. The van der Waals surface area contributed by atoms with Crippen LogP contribution in [-0.2, 0) is 9.53 Å². The third-order valence-corrected chi connectivity index (χ3v) is 10.9. The fraction of sp³-hybridized carbons (Fsp3) is 0.833. The van der Waals surface area contributed by atoms with Crippen LogP contribution in [0.25, 0.3) is 0 Å². The second-order valence-electron chi connectivity index (χ2n) is 12.8. The third-order valence-electron chi connectivity index (χ3n) is 10.9. The Bertz CT molecular complexity index is 763. The number of carbonyl (C=O) groups excluding carboxylic acids is 1. The molecule has 0 saturated heterocycles. The van der Waals surface area contributed by atoms with Gasteiger partial charge in [0.15, 0.2) is 0 Å². The number of hydrogen-bond acceptors (Lipinski definition) is 2. The Morgan fingerprint density at radius 1 is 1.03 bits per heavy atom. The minimum absolute atomic E-state index is 0.106. The number of allylic oxidation sites excluding steroid dienone is 3. The molecule has 0 aromatic heterocycles. The van der Waals surface area contributed by atoms with E-state index in [0.717, 1.165) is 42.4 Å². The Kier molecular flexibility index (Phi) is 6.74. The van der Waals surface area contributed by atoms with E-state index < -0.39 is 0 Å². The van der Waals surface area contributed by atoms with Crippen LogP contribution >= 0.6 is 0 Å². The van der Waals surface area contributed by atoms with Crippen molar-refractivity contribution in [1.29, 1.82) is 0 Å². The molecule has 4 aliphatic carbocycles. The Balaban J connectivity index is 1.50. The average Bonchev–Trinajstić information content (AvgIpc) is 3.08. The van der Waals surface area contributed by atoms with Gasteiger partial charge in [-0.15, -0.1) is 0 Å². The molecule has 0 aromatic rings. The zero-order valence-electron chi connectivity index (χ0n) is 21.8. The fourth-order valence-electron chi connectivity index (χ4n) is 8.57. The maximum atomic E-state index is 11.5. The number of fused-ring (bicyclic) bond motifs is 5. The number of esters is 1. The van der Waals surface area contributed by atoms with E-state index in [1.54, 1.807) is 12.5 Å². The van der Waals surface area contributed by atoms with E-state index in [-0.39, 0.29) is 12.1 Å². The average molecular weight is 441 g/mol. The van der Waals surface area contributed by atoms with Gasteiger partial charge in [0.2, 0.25) is 0 Å². The van der Waals surface area contributed by atoms with Crippen LogP contribution in [0.3, 0.4) is 0 Å². The molecule has 3 fully saturated rings. The Morgan fingerprint density at radius 2 is 1.78 bits per heavy atom. The molecule has 180 valence electrons. The summed E-state index contributed by atoms with van der Waals surface area (Å²) in [5, 5.41) is 0. The summed E-state index contributed by atoms with van der Waals surface area (Å²) in [6, 6.07) is 0. The van der Waals surface area contributed by atoms with Crippen molar-refractivity contribution >= 4 is 5.97 Å². The van der Waals surface area contributed by atoms with Gasteiger partial charge >= 0.3 is 5.97 Å². The maximum Gasteiger partial charge on any atom is 0.302 e. The van der Waals surface area contributed by atoms with Crippen LogP contribution in [0.2, 0.25) is 0 Å². The highest BCUT2D eigenvalue weighted by atomic mass is 16.5. The van der Waals surface area contributed by atoms with Gasteiger partial charge < -0.3 is 4.74 Å². The van der Waals surface area contributed by atoms with Crippen LogP contribution in [-0.4, -0.2) is 12.1 Å².